The van der Waals surface area contributed by atoms with Crippen LogP contribution in [0.25, 0.3) is 0 Å². The van der Waals surface area contributed by atoms with Gasteiger partial charge >= 0.3 is 0 Å². The van der Waals surface area contributed by atoms with Crippen molar-refractivity contribution >= 4 is 17.7 Å². The van der Waals surface area contributed by atoms with Crippen LogP contribution < -0.4 is 50.3 Å². The molecule has 3 aromatic heterocycles. The molecule has 2 N–H and O–H groups in total. The molecule has 106 heavy (non-hydrogen) atoms. The number of fused-ring (bicyclic) bond motifs is 15. The molecule has 10 aromatic rings. The molecule has 0 saturated heterocycles. The monoisotopic (exact) mass is 1440 g/mol. The first-order chi connectivity index (χ1) is 51.4. The van der Waals surface area contributed by atoms with Gasteiger partial charge in [0, 0.05) is 91.3 Å². The highest BCUT2D eigenvalue weighted by molar-refractivity contribution is 5.98. The molecular formula is C79H63F6N9O12. The summed E-state index contributed by atoms with van der Waals surface area (Å²) in [6.07, 6.45) is 14.5. The predicted octanol–water partition coefficient (Wildman–Crippen LogP) is 10.6. The molecule has 21 nitrogen and oxygen atoms in total. The smallest absolute Gasteiger partial charge is 0.278 e. The van der Waals surface area contributed by atoms with Crippen molar-refractivity contribution in [2.24, 2.45) is 0 Å². The van der Waals surface area contributed by atoms with Crippen LogP contribution in [0.3, 0.4) is 0 Å². The molecule has 0 radical (unpaired) electrons. The second-order valence-electron chi connectivity index (χ2n) is 24.9. The van der Waals surface area contributed by atoms with E-state index in [0.717, 1.165) is 59.7 Å². The summed E-state index contributed by atoms with van der Waals surface area (Å²) in [5.41, 5.74) is 1.84. The van der Waals surface area contributed by atoms with Gasteiger partial charge < -0.3 is 43.9 Å². The van der Waals surface area contributed by atoms with Crippen LogP contribution in [0, 0.1) is 34.9 Å². The molecule has 6 aliphatic rings. The van der Waals surface area contributed by atoms with Crippen LogP contribution in [0.1, 0.15) is 88.5 Å². The summed E-state index contributed by atoms with van der Waals surface area (Å²) in [5.74, 6) is -8.65. The number of rotatable bonds is 6. The van der Waals surface area contributed by atoms with Gasteiger partial charge in [0.05, 0.1) is 0 Å². The van der Waals surface area contributed by atoms with Crippen molar-refractivity contribution in [3.8, 4) is 34.5 Å². The van der Waals surface area contributed by atoms with Gasteiger partial charge in [0.1, 0.15) is 81.8 Å². The Morgan fingerprint density at radius 2 is 0.670 bits per heavy atom. The number of aromatic hydroxyl groups is 2. The van der Waals surface area contributed by atoms with Crippen LogP contribution in [0.15, 0.2) is 245 Å². The molecule has 6 bridgehead atoms. The summed E-state index contributed by atoms with van der Waals surface area (Å²) >= 11 is 0. The molecular weight excluding hydrogens is 1380 g/mol. The number of amides is 3. The SMILES string of the molecule is O=C1c2c(O)c(=O)ccn2N2CN1C/C=C\COc1cc(F)c(F)cc1[C@@H]2c1ccccc1.O=C1c2c(O)c(=O)ccn2N2CN1C/C=C\COc1cc(F)c(F)cc1[C@H]2c1ccccc1.O=C1c2c(OCc3ccccc3)c(=O)ccn2N2CN1C/C=C\COc1cc(F)c(F)cc1C2c1ccccc1. The summed E-state index contributed by atoms with van der Waals surface area (Å²) in [7, 11) is 0. The number of hydrogen-bond acceptors (Lipinski definition) is 15. The standard InChI is InChI=1S/C31H25F2N3O4.2C24H19F2N3O4/c32-24-17-23-27(18-25(24)33)39-16-8-7-14-34-20-36(28(23)22-11-5-2-6-12-22)35-15-13-26(37)30(29(35)31(34)38)40-19-21-9-3-1-4-10-21;2*25-17-12-16-20(13-18(17)26)33-11-5-4-9-27-14-29(21(16)15-6-2-1-3-7-15)28-10-8-19(30)23(31)22(28)24(27)32/h1-13,15,17-18,28H,14,16,19-20H2;2*1-8,10,12-13,21,31H,9,11,14H2/b8-7-;2*5-4-/t;2*21-/m.10/s1. The number of halogens is 6. The van der Waals surface area contributed by atoms with Gasteiger partial charge in [-0.3, -0.25) is 57.8 Å². The summed E-state index contributed by atoms with van der Waals surface area (Å²) in [6, 6.07) is 44.5. The maximum Gasteiger partial charge on any atom is 0.278 e. The van der Waals surface area contributed by atoms with E-state index in [2.05, 4.69) is 0 Å². The zero-order chi connectivity index (χ0) is 73.9. The van der Waals surface area contributed by atoms with Crippen molar-refractivity contribution in [1.82, 2.24) is 28.7 Å². The number of nitrogens with zero attached hydrogens (tertiary/aromatic N) is 9. The van der Waals surface area contributed by atoms with Crippen molar-refractivity contribution in [3.63, 3.8) is 0 Å². The van der Waals surface area contributed by atoms with E-state index in [9.17, 15) is 65.3 Å². The average Bonchev–Trinajstić information content (AvgIpc) is 0.863. The summed E-state index contributed by atoms with van der Waals surface area (Å²) in [5, 5.41) is 26.2. The van der Waals surface area contributed by atoms with Gasteiger partial charge in [-0.05, 0) is 58.7 Å². The van der Waals surface area contributed by atoms with Crippen LogP contribution in [0.2, 0.25) is 0 Å². The zero-order valence-electron chi connectivity index (χ0n) is 56.0. The Labute approximate surface area is 600 Å². The first-order valence-electron chi connectivity index (χ1n) is 33.4. The van der Waals surface area contributed by atoms with E-state index < -0.39 is 92.6 Å². The maximum atomic E-state index is 14.8. The van der Waals surface area contributed by atoms with E-state index in [-0.39, 0.29) is 112 Å². The topological polar surface area (TPSA) is 214 Å². The van der Waals surface area contributed by atoms with Crippen molar-refractivity contribution in [2.45, 2.75) is 24.7 Å². The molecule has 538 valence electrons. The van der Waals surface area contributed by atoms with Crippen LogP contribution in [-0.2, 0) is 6.61 Å². The zero-order valence-corrected chi connectivity index (χ0v) is 56.0. The number of carbonyl (C=O) groups excluding carboxylic acids is 3. The van der Waals surface area contributed by atoms with Crippen LogP contribution in [0.4, 0.5) is 26.3 Å². The van der Waals surface area contributed by atoms with E-state index in [1.54, 1.807) is 80.3 Å². The van der Waals surface area contributed by atoms with Crippen LogP contribution >= 0.6 is 0 Å². The Bertz CT molecular complexity index is 5120. The van der Waals surface area contributed by atoms with E-state index in [0.29, 0.717) is 27.8 Å². The average molecular weight is 1440 g/mol. The maximum absolute atomic E-state index is 14.8. The van der Waals surface area contributed by atoms with Gasteiger partial charge in [0.15, 0.2) is 69.2 Å². The quantitative estimate of drug-likeness (QED) is 0.117. The lowest BCUT2D eigenvalue weighted by molar-refractivity contribution is 0.0692. The minimum absolute atomic E-state index is 0.0494. The molecule has 0 fully saturated rings. The van der Waals surface area contributed by atoms with Gasteiger partial charge in [0.25, 0.3) is 17.7 Å². The molecule has 0 spiro atoms. The van der Waals surface area contributed by atoms with Gasteiger partial charge in [-0.15, -0.1) is 0 Å². The number of benzene rings is 7. The van der Waals surface area contributed by atoms with Crippen LogP contribution in [0.5, 0.6) is 34.5 Å². The lowest BCUT2D eigenvalue weighted by Crippen LogP contribution is -2.55. The lowest BCUT2D eigenvalue weighted by Gasteiger charge is -2.44. The van der Waals surface area contributed by atoms with E-state index in [4.69, 9.17) is 18.9 Å². The molecule has 9 heterocycles. The number of aromatic nitrogens is 3. The normalized spacial score (nSPS) is 18.1. The second-order valence-corrected chi connectivity index (χ2v) is 24.9. The first kappa shape index (κ1) is 69.9. The summed E-state index contributed by atoms with van der Waals surface area (Å²) in [6.45, 7) is 1.13. The van der Waals surface area contributed by atoms with Gasteiger partial charge in [-0.2, -0.15) is 0 Å². The first-order valence-corrected chi connectivity index (χ1v) is 33.4. The van der Waals surface area contributed by atoms with Crippen molar-refractivity contribution in [3.05, 3.63) is 353 Å². The van der Waals surface area contributed by atoms with E-state index >= 15 is 0 Å². The van der Waals surface area contributed by atoms with Gasteiger partial charge in [-0.25, -0.2) is 26.3 Å². The number of ether oxygens (including phenoxy) is 4. The van der Waals surface area contributed by atoms with Gasteiger partial charge in [-0.1, -0.05) is 140 Å². The second kappa shape index (κ2) is 30.0. The lowest BCUT2D eigenvalue weighted by atomic mass is 9.96. The van der Waals surface area contributed by atoms with Crippen molar-refractivity contribution in [2.75, 3.05) is 74.5 Å². The third-order valence-electron chi connectivity index (χ3n) is 18.4. The molecule has 27 heteroatoms. The van der Waals surface area contributed by atoms with E-state index in [1.165, 1.54) is 43.8 Å². The molecule has 6 aliphatic heterocycles. The molecule has 1 unspecified atom stereocenters. The fourth-order valence-electron chi connectivity index (χ4n) is 13.4. The molecule has 7 aromatic carbocycles. The third-order valence-corrected chi connectivity index (χ3v) is 18.4. The Morgan fingerprint density at radius 3 is 1.02 bits per heavy atom. The van der Waals surface area contributed by atoms with Crippen LogP contribution in [-0.4, -0.2) is 116 Å². The third kappa shape index (κ3) is 13.7. The van der Waals surface area contributed by atoms with E-state index in [1.807, 2.05) is 102 Å². The Morgan fingerprint density at radius 1 is 0.368 bits per heavy atom. The highest BCUT2D eigenvalue weighted by atomic mass is 19.2. The largest absolute Gasteiger partial charge is 0.502 e. The number of carbonyl (C=O) groups is 3. The minimum atomic E-state index is -1.04. The minimum Gasteiger partial charge on any atom is -0.502 e. The molecule has 16 rings (SSSR count). The molecule has 3 amide bonds. The molecule has 0 saturated carbocycles. The Kier molecular flexibility index (Phi) is 19.8. The highest BCUT2D eigenvalue weighted by Crippen LogP contribution is 2.42. The highest BCUT2D eigenvalue weighted by Gasteiger charge is 2.42. The fourth-order valence-corrected chi connectivity index (χ4v) is 13.4. The van der Waals surface area contributed by atoms with Gasteiger partial charge in [0.2, 0.25) is 16.3 Å². The summed E-state index contributed by atoms with van der Waals surface area (Å²) < 4.78 is 114. The number of pyridine rings is 3. The van der Waals surface area contributed by atoms with Crippen molar-refractivity contribution in [1.29, 1.82) is 0 Å². The Hall–Kier alpha value is -13.2. The Balaban J connectivity index is 0.000000135. The van der Waals surface area contributed by atoms with Crippen molar-refractivity contribution < 1.29 is 69.9 Å². The molecule has 0 aliphatic carbocycles. The predicted molar refractivity (Wildman–Crippen MR) is 376 cm³/mol. The summed E-state index contributed by atoms with van der Waals surface area (Å²) in [4.78, 5) is 82.0. The fraction of sp³-hybridized carbons (Fsp3) is 0.165. The molecule has 3 atom stereocenters. The number of hydrogen-bond donors (Lipinski definition) is 2.